The van der Waals surface area contributed by atoms with Gasteiger partial charge >= 0.3 is 5.69 Å². The molecule has 2 aliphatic rings. The third-order valence-electron chi connectivity index (χ3n) is 6.60. The number of aryl methyl sites for hydroxylation is 1. The normalized spacial score (nSPS) is 16.3. The maximum atomic E-state index is 13.7. The lowest BCUT2D eigenvalue weighted by molar-refractivity contribution is 0.356. The van der Waals surface area contributed by atoms with Crippen LogP contribution in [0.15, 0.2) is 44.3 Å². The molecule has 1 N–H and O–H groups in total. The highest BCUT2D eigenvalue weighted by Crippen LogP contribution is 2.37. The van der Waals surface area contributed by atoms with Crippen LogP contribution < -0.4 is 20.7 Å². The first kappa shape index (κ1) is 23.6. The molecule has 0 spiro atoms. The van der Waals surface area contributed by atoms with Gasteiger partial charge in [0.25, 0.3) is 15.6 Å². The Bertz CT molecular complexity index is 1740. The van der Waals surface area contributed by atoms with Crippen molar-refractivity contribution >= 4 is 42.9 Å². The highest BCUT2D eigenvalue weighted by Gasteiger charge is 2.41. The summed E-state index contributed by atoms with van der Waals surface area (Å²) in [6, 6.07) is 7.23. The van der Waals surface area contributed by atoms with Gasteiger partial charge in [-0.3, -0.25) is 13.9 Å². The molecule has 3 aromatic heterocycles. The molecule has 1 aromatic carbocycles. The predicted octanol–water partition coefficient (Wildman–Crippen LogP) is 2.85. The number of nitrogens with one attached hydrogen (secondary N) is 1. The molecular weight excluding hydrogens is 520 g/mol. The van der Waals surface area contributed by atoms with E-state index in [1.54, 1.807) is 6.20 Å². The highest BCUT2D eigenvalue weighted by atomic mass is 32.2. The van der Waals surface area contributed by atoms with E-state index in [9.17, 15) is 18.0 Å². The fraction of sp³-hybridized carbons (Fsp3) is 0.375. The lowest BCUT2D eigenvalue weighted by Gasteiger charge is -2.12. The number of nitrogens with zero attached hydrogens (tertiary/aromatic N) is 3. The van der Waals surface area contributed by atoms with Crippen LogP contribution in [0.2, 0.25) is 0 Å². The molecule has 0 saturated heterocycles. The lowest BCUT2D eigenvalue weighted by Crippen LogP contribution is -2.40. The number of thiophene rings is 1. The second-order valence-electron chi connectivity index (χ2n) is 9.60. The Labute approximate surface area is 215 Å². The number of ether oxygens (including phenoxy) is 1. The summed E-state index contributed by atoms with van der Waals surface area (Å²) in [7, 11) is -3.84. The topological polar surface area (TPSA) is 112 Å². The Balaban J connectivity index is 1.51. The molecule has 188 valence electrons. The first-order chi connectivity index (χ1) is 17.1. The van der Waals surface area contributed by atoms with E-state index in [-0.39, 0.29) is 22.7 Å². The Hall–Kier alpha value is -2.80. The van der Waals surface area contributed by atoms with Crippen molar-refractivity contribution in [2.24, 2.45) is 0 Å². The van der Waals surface area contributed by atoms with E-state index in [1.807, 2.05) is 32.0 Å². The van der Waals surface area contributed by atoms with Crippen LogP contribution in [0, 0.1) is 6.92 Å². The largest absolute Gasteiger partial charge is 0.493 e. The van der Waals surface area contributed by atoms with Crippen molar-refractivity contribution in [1.29, 1.82) is 0 Å². The lowest BCUT2D eigenvalue weighted by atomic mass is 10.1. The molecule has 1 fully saturated rings. The number of hydrogen-bond acceptors (Lipinski definition) is 8. The average Bonchev–Trinajstić information content (AvgIpc) is 3.25. The summed E-state index contributed by atoms with van der Waals surface area (Å²) in [6.07, 6.45) is 4.03. The average molecular weight is 545 g/mol. The van der Waals surface area contributed by atoms with Crippen molar-refractivity contribution in [3.63, 3.8) is 0 Å². The minimum absolute atomic E-state index is 0.0274. The zero-order valence-electron chi connectivity index (χ0n) is 19.7. The third-order valence-corrected chi connectivity index (χ3v) is 10.8. The fourth-order valence-corrected chi connectivity index (χ4v) is 8.07. The van der Waals surface area contributed by atoms with Crippen LogP contribution in [0.3, 0.4) is 0 Å². The monoisotopic (exact) mass is 544 g/mol. The van der Waals surface area contributed by atoms with E-state index in [0.29, 0.717) is 11.4 Å². The minimum atomic E-state index is -3.84. The SMILES string of the molecule is Cc1ncc(Cn2c(=O)c3cc(S(=O)(=O)NC4(C)CC4)sc3n(Cc3ccc4c(c3)OCC4)c2=O)s1. The molecule has 4 heterocycles. The first-order valence-electron chi connectivity index (χ1n) is 11.6. The van der Waals surface area contributed by atoms with Crippen molar-refractivity contribution in [2.75, 3.05) is 6.61 Å². The molecule has 6 rings (SSSR count). The number of aromatic nitrogens is 3. The summed E-state index contributed by atoms with van der Waals surface area (Å²) in [4.78, 5) is 32.5. The summed E-state index contributed by atoms with van der Waals surface area (Å²) < 4.78 is 37.3. The molecule has 0 bridgehead atoms. The maximum absolute atomic E-state index is 13.7. The summed E-state index contributed by atoms with van der Waals surface area (Å²) in [6.45, 7) is 4.59. The standard InChI is InChI=1S/C24H24N4O5S3/c1-14-25-11-17(34-14)13-27-21(29)18-10-20(36(31,32)26-24(2)6-7-24)35-22(18)28(23(27)30)12-15-3-4-16-5-8-33-19(16)9-15/h3-4,9-11,26H,5-8,12-13H2,1-2H3. The Morgan fingerprint density at radius 1 is 1.14 bits per heavy atom. The zero-order valence-corrected chi connectivity index (χ0v) is 22.2. The molecule has 1 aliphatic carbocycles. The molecule has 0 radical (unpaired) electrons. The predicted molar refractivity (Wildman–Crippen MR) is 139 cm³/mol. The van der Waals surface area contributed by atoms with E-state index in [0.717, 1.165) is 61.9 Å². The number of rotatable bonds is 7. The summed E-state index contributed by atoms with van der Waals surface area (Å²) >= 11 is 2.36. The van der Waals surface area contributed by atoms with Gasteiger partial charge in [-0.25, -0.2) is 22.9 Å². The van der Waals surface area contributed by atoms with E-state index in [1.165, 1.54) is 22.0 Å². The molecule has 4 aromatic rings. The summed E-state index contributed by atoms with van der Waals surface area (Å²) in [5, 5.41) is 1.04. The van der Waals surface area contributed by atoms with Crippen LogP contribution in [-0.4, -0.2) is 34.7 Å². The zero-order chi connectivity index (χ0) is 25.2. The van der Waals surface area contributed by atoms with Crippen LogP contribution in [0.25, 0.3) is 10.2 Å². The van der Waals surface area contributed by atoms with Crippen LogP contribution in [0.4, 0.5) is 0 Å². The van der Waals surface area contributed by atoms with Gasteiger partial charge in [0, 0.05) is 23.0 Å². The van der Waals surface area contributed by atoms with E-state index in [4.69, 9.17) is 4.74 Å². The Morgan fingerprint density at radius 2 is 1.94 bits per heavy atom. The van der Waals surface area contributed by atoms with Crippen LogP contribution in [0.1, 0.15) is 40.8 Å². The second-order valence-corrected chi connectivity index (χ2v) is 13.9. The number of fused-ring (bicyclic) bond motifs is 2. The van der Waals surface area contributed by atoms with Gasteiger partial charge in [-0.2, -0.15) is 0 Å². The van der Waals surface area contributed by atoms with Crippen molar-refractivity contribution in [3.8, 4) is 5.75 Å². The van der Waals surface area contributed by atoms with E-state index in [2.05, 4.69) is 9.71 Å². The fourth-order valence-electron chi connectivity index (χ4n) is 4.38. The van der Waals surface area contributed by atoms with Crippen molar-refractivity contribution < 1.29 is 13.2 Å². The van der Waals surface area contributed by atoms with Gasteiger partial charge in [0.1, 0.15) is 14.8 Å². The van der Waals surface area contributed by atoms with Crippen molar-refractivity contribution in [1.82, 2.24) is 18.8 Å². The highest BCUT2D eigenvalue weighted by molar-refractivity contribution is 7.91. The molecule has 1 saturated carbocycles. The minimum Gasteiger partial charge on any atom is -0.493 e. The Kier molecular flexibility index (Phi) is 5.48. The van der Waals surface area contributed by atoms with Gasteiger partial charge in [0.05, 0.1) is 30.1 Å². The first-order valence-corrected chi connectivity index (χ1v) is 14.7. The van der Waals surface area contributed by atoms with Gasteiger partial charge < -0.3 is 4.74 Å². The third kappa shape index (κ3) is 4.21. The number of sulfonamides is 1. The van der Waals surface area contributed by atoms with Gasteiger partial charge in [-0.05, 0) is 49.9 Å². The summed E-state index contributed by atoms with van der Waals surface area (Å²) in [5.41, 5.74) is 0.492. The van der Waals surface area contributed by atoms with Crippen LogP contribution in [-0.2, 0) is 29.5 Å². The van der Waals surface area contributed by atoms with Gasteiger partial charge in [0.2, 0.25) is 0 Å². The van der Waals surface area contributed by atoms with Gasteiger partial charge in [-0.15, -0.1) is 22.7 Å². The van der Waals surface area contributed by atoms with Crippen LogP contribution in [0.5, 0.6) is 5.75 Å². The molecule has 0 atom stereocenters. The molecule has 0 amide bonds. The van der Waals surface area contributed by atoms with Gasteiger partial charge in [-0.1, -0.05) is 12.1 Å². The molecule has 36 heavy (non-hydrogen) atoms. The van der Waals surface area contributed by atoms with E-state index < -0.39 is 26.8 Å². The maximum Gasteiger partial charge on any atom is 0.332 e. The Morgan fingerprint density at radius 3 is 2.67 bits per heavy atom. The quantitative estimate of drug-likeness (QED) is 0.383. The molecule has 1 aliphatic heterocycles. The van der Waals surface area contributed by atoms with Gasteiger partial charge in [0.15, 0.2) is 0 Å². The van der Waals surface area contributed by atoms with E-state index >= 15 is 0 Å². The molecular formula is C24H24N4O5S3. The number of thiazole rings is 1. The van der Waals surface area contributed by atoms with Crippen molar-refractivity contribution in [3.05, 3.63) is 72.3 Å². The number of hydrogen-bond donors (Lipinski definition) is 1. The smallest absolute Gasteiger partial charge is 0.332 e. The summed E-state index contributed by atoms with van der Waals surface area (Å²) in [5.74, 6) is 0.793. The van der Waals surface area contributed by atoms with Crippen LogP contribution >= 0.6 is 22.7 Å². The number of benzene rings is 1. The molecule has 12 heteroatoms. The molecule has 9 nitrogen and oxygen atoms in total. The molecule has 0 unspecified atom stereocenters. The van der Waals surface area contributed by atoms with Crippen molar-refractivity contribution in [2.45, 2.75) is 55.9 Å². The second kappa shape index (κ2) is 8.37.